The molecular formula is C18H21N3O2. The van der Waals surface area contributed by atoms with Crippen LogP contribution in [0.4, 0.5) is 5.69 Å². The highest BCUT2D eigenvalue weighted by atomic mass is 16.1. The number of imidazole rings is 1. The minimum atomic E-state index is -0.0460. The Labute approximate surface area is 136 Å². The van der Waals surface area contributed by atoms with Gasteiger partial charge in [-0.2, -0.15) is 0 Å². The molecule has 0 spiro atoms. The Morgan fingerprint density at radius 1 is 1.30 bits per heavy atom. The Hall–Kier alpha value is -2.69. The number of para-hydroxylation sites is 1. The van der Waals surface area contributed by atoms with E-state index < -0.39 is 0 Å². The standard InChI is InChI=1S/C18H21N3O2/c1-3-4-9-18(23)20-15-8-6-5-7-14(15)10-11-17(22)16-12-19-13-21(16)2/h3,5-8,12-13H,1,4,9-11H2,2H3,(H,20,23). The molecule has 1 aromatic carbocycles. The average molecular weight is 311 g/mol. The molecule has 1 aromatic heterocycles. The molecule has 120 valence electrons. The highest BCUT2D eigenvalue weighted by Crippen LogP contribution is 2.18. The quantitative estimate of drug-likeness (QED) is 0.601. The van der Waals surface area contributed by atoms with Crippen molar-refractivity contribution >= 4 is 17.4 Å². The average Bonchev–Trinajstić information content (AvgIpc) is 2.98. The van der Waals surface area contributed by atoms with Gasteiger partial charge < -0.3 is 9.88 Å². The Morgan fingerprint density at radius 3 is 2.78 bits per heavy atom. The summed E-state index contributed by atoms with van der Waals surface area (Å²) < 4.78 is 1.71. The number of Topliss-reactive ketones (excluding diaryl/α,β-unsaturated/α-hetero) is 1. The lowest BCUT2D eigenvalue weighted by atomic mass is 10.0. The highest BCUT2D eigenvalue weighted by molar-refractivity contribution is 5.95. The summed E-state index contributed by atoms with van der Waals surface area (Å²) in [7, 11) is 1.80. The van der Waals surface area contributed by atoms with E-state index in [0.29, 0.717) is 31.4 Å². The van der Waals surface area contributed by atoms with Crippen LogP contribution >= 0.6 is 0 Å². The zero-order chi connectivity index (χ0) is 16.7. The molecule has 1 heterocycles. The zero-order valence-corrected chi connectivity index (χ0v) is 13.3. The van der Waals surface area contributed by atoms with Crippen molar-refractivity contribution in [3.05, 3.63) is 60.7 Å². The molecule has 2 rings (SSSR count). The number of hydrogen-bond donors (Lipinski definition) is 1. The Balaban J connectivity index is 2.00. The van der Waals surface area contributed by atoms with Gasteiger partial charge in [-0.25, -0.2) is 4.98 Å². The van der Waals surface area contributed by atoms with Gasteiger partial charge in [0.1, 0.15) is 5.69 Å². The predicted octanol–water partition coefficient (Wildman–Crippen LogP) is 3.14. The molecule has 0 aliphatic rings. The van der Waals surface area contributed by atoms with E-state index in [-0.39, 0.29) is 11.7 Å². The second kappa shape index (κ2) is 8.08. The number of aromatic nitrogens is 2. The molecule has 0 unspecified atom stereocenters. The monoisotopic (exact) mass is 311 g/mol. The summed E-state index contributed by atoms with van der Waals surface area (Å²) in [5.41, 5.74) is 2.31. The lowest BCUT2D eigenvalue weighted by molar-refractivity contribution is -0.116. The van der Waals surface area contributed by atoms with E-state index in [4.69, 9.17) is 0 Å². The molecule has 1 N–H and O–H groups in total. The molecule has 0 radical (unpaired) electrons. The summed E-state index contributed by atoms with van der Waals surface area (Å²) in [5.74, 6) is -0.00639. The van der Waals surface area contributed by atoms with Crippen molar-refractivity contribution in [2.45, 2.75) is 25.7 Å². The van der Waals surface area contributed by atoms with Crippen LogP contribution in [0.2, 0.25) is 0 Å². The van der Waals surface area contributed by atoms with Gasteiger partial charge in [-0.15, -0.1) is 6.58 Å². The predicted molar refractivity (Wildman–Crippen MR) is 90.4 cm³/mol. The number of nitrogens with zero attached hydrogens (tertiary/aromatic N) is 2. The molecule has 0 saturated heterocycles. The first kappa shape index (κ1) is 16.7. The minimum absolute atomic E-state index is 0.0396. The summed E-state index contributed by atoms with van der Waals surface area (Å²) in [6.45, 7) is 3.61. The Bertz CT molecular complexity index is 704. The van der Waals surface area contributed by atoms with Gasteiger partial charge in [0, 0.05) is 25.6 Å². The third kappa shape index (κ3) is 4.64. The van der Waals surface area contributed by atoms with E-state index in [2.05, 4.69) is 16.9 Å². The van der Waals surface area contributed by atoms with Crippen LogP contribution in [0.15, 0.2) is 49.4 Å². The molecule has 0 atom stereocenters. The first-order chi connectivity index (χ1) is 11.1. The number of ketones is 1. The minimum Gasteiger partial charge on any atom is -0.331 e. The number of benzene rings is 1. The lowest BCUT2D eigenvalue weighted by Gasteiger charge is -2.10. The zero-order valence-electron chi connectivity index (χ0n) is 13.3. The number of hydrogen-bond acceptors (Lipinski definition) is 3. The van der Waals surface area contributed by atoms with Crippen molar-refractivity contribution in [2.24, 2.45) is 7.05 Å². The fourth-order valence-corrected chi connectivity index (χ4v) is 2.31. The van der Waals surface area contributed by atoms with Gasteiger partial charge in [0.05, 0.1) is 12.5 Å². The number of carbonyl (C=O) groups excluding carboxylic acids is 2. The van der Waals surface area contributed by atoms with Crippen LogP contribution < -0.4 is 5.32 Å². The summed E-state index contributed by atoms with van der Waals surface area (Å²) in [4.78, 5) is 28.0. The van der Waals surface area contributed by atoms with Crippen molar-refractivity contribution in [2.75, 3.05) is 5.32 Å². The number of aryl methyl sites for hydroxylation is 2. The second-order valence-electron chi connectivity index (χ2n) is 5.35. The summed E-state index contributed by atoms with van der Waals surface area (Å²) in [6, 6.07) is 7.56. The SMILES string of the molecule is C=CCCC(=O)Nc1ccccc1CCC(=O)c1cncn1C. The summed E-state index contributed by atoms with van der Waals surface area (Å²) in [6.07, 6.45) is 6.91. The van der Waals surface area contributed by atoms with Crippen LogP contribution in [0, 0.1) is 0 Å². The number of rotatable bonds is 8. The van der Waals surface area contributed by atoms with Gasteiger partial charge in [0.25, 0.3) is 0 Å². The maximum atomic E-state index is 12.2. The van der Waals surface area contributed by atoms with E-state index in [1.165, 1.54) is 0 Å². The molecule has 5 nitrogen and oxygen atoms in total. The van der Waals surface area contributed by atoms with E-state index >= 15 is 0 Å². The van der Waals surface area contributed by atoms with Crippen LogP contribution in [-0.4, -0.2) is 21.2 Å². The van der Waals surface area contributed by atoms with Crippen molar-refractivity contribution in [3.8, 4) is 0 Å². The first-order valence-corrected chi connectivity index (χ1v) is 7.60. The van der Waals surface area contributed by atoms with Crippen LogP contribution in [-0.2, 0) is 18.3 Å². The number of amides is 1. The molecule has 5 heteroatoms. The number of nitrogens with one attached hydrogen (secondary N) is 1. The van der Waals surface area contributed by atoms with E-state index in [0.717, 1.165) is 11.3 Å². The van der Waals surface area contributed by atoms with E-state index in [9.17, 15) is 9.59 Å². The second-order valence-corrected chi connectivity index (χ2v) is 5.35. The normalized spacial score (nSPS) is 10.3. The molecule has 1 amide bonds. The van der Waals surface area contributed by atoms with Gasteiger partial charge in [0.15, 0.2) is 5.78 Å². The lowest BCUT2D eigenvalue weighted by Crippen LogP contribution is -2.13. The number of carbonyl (C=O) groups is 2. The third-order valence-electron chi connectivity index (χ3n) is 3.59. The van der Waals surface area contributed by atoms with E-state index in [1.54, 1.807) is 30.2 Å². The Morgan fingerprint density at radius 2 is 2.09 bits per heavy atom. The van der Waals surface area contributed by atoms with Crippen molar-refractivity contribution in [1.82, 2.24) is 9.55 Å². The fourth-order valence-electron chi connectivity index (χ4n) is 2.31. The van der Waals surface area contributed by atoms with Crippen molar-refractivity contribution < 1.29 is 9.59 Å². The van der Waals surface area contributed by atoms with Crippen LogP contribution in [0.3, 0.4) is 0 Å². The molecule has 0 fully saturated rings. The molecule has 0 aliphatic heterocycles. The maximum Gasteiger partial charge on any atom is 0.224 e. The van der Waals surface area contributed by atoms with Gasteiger partial charge in [0.2, 0.25) is 5.91 Å². The van der Waals surface area contributed by atoms with Gasteiger partial charge >= 0.3 is 0 Å². The van der Waals surface area contributed by atoms with Gasteiger partial charge in [-0.3, -0.25) is 9.59 Å². The summed E-state index contributed by atoms with van der Waals surface area (Å²) >= 11 is 0. The fraction of sp³-hybridized carbons (Fsp3) is 0.278. The number of anilines is 1. The number of allylic oxidation sites excluding steroid dienone is 1. The molecule has 23 heavy (non-hydrogen) atoms. The van der Waals surface area contributed by atoms with Gasteiger partial charge in [-0.05, 0) is 24.5 Å². The van der Waals surface area contributed by atoms with Crippen LogP contribution in [0.5, 0.6) is 0 Å². The third-order valence-corrected chi connectivity index (χ3v) is 3.59. The topological polar surface area (TPSA) is 64.0 Å². The van der Waals surface area contributed by atoms with Crippen molar-refractivity contribution in [1.29, 1.82) is 0 Å². The van der Waals surface area contributed by atoms with Crippen LogP contribution in [0.25, 0.3) is 0 Å². The van der Waals surface area contributed by atoms with Crippen molar-refractivity contribution in [3.63, 3.8) is 0 Å². The molecule has 0 saturated carbocycles. The molecule has 0 bridgehead atoms. The largest absolute Gasteiger partial charge is 0.331 e. The van der Waals surface area contributed by atoms with Gasteiger partial charge in [-0.1, -0.05) is 24.3 Å². The van der Waals surface area contributed by atoms with Crippen LogP contribution in [0.1, 0.15) is 35.3 Å². The Kier molecular flexibility index (Phi) is 5.86. The maximum absolute atomic E-state index is 12.2. The summed E-state index contributed by atoms with van der Waals surface area (Å²) in [5, 5.41) is 2.90. The molecule has 0 aliphatic carbocycles. The molecule has 2 aromatic rings. The molecular weight excluding hydrogens is 290 g/mol. The van der Waals surface area contributed by atoms with E-state index in [1.807, 2.05) is 24.3 Å². The smallest absolute Gasteiger partial charge is 0.224 e. The highest BCUT2D eigenvalue weighted by Gasteiger charge is 2.12. The first-order valence-electron chi connectivity index (χ1n) is 7.60.